The number of imidazole rings is 1. The van der Waals surface area contributed by atoms with E-state index in [1.807, 2.05) is 0 Å². The van der Waals surface area contributed by atoms with Crippen LogP contribution in [0.25, 0.3) is 11.2 Å². The van der Waals surface area contributed by atoms with Crippen LogP contribution in [-0.2, 0) is 25.5 Å². The first-order valence-electron chi connectivity index (χ1n) is 8.38. The van der Waals surface area contributed by atoms with Crippen molar-refractivity contribution in [3.63, 3.8) is 0 Å². The van der Waals surface area contributed by atoms with Crippen molar-refractivity contribution in [1.29, 1.82) is 0 Å². The van der Waals surface area contributed by atoms with Crippen LogP contribution in [-0.4, -0.2) is 57.9 Å². The fourth-order valence-electron chi connectivity index (χ4n) is 2.33. The van der Waals surface area contributed by atoms with E-state index in [9.17, 15) is 9.18 Å². The lowest BCUT2D eigenvalue weighted by atomic mass is 10.0. The number of terminal acetylenes is 1. The Labute approximate surface area is 161 Å². The lowest BCUT2D eigenvalue weighted by Crippen LogP contribution is -2.37. The molecular formula is C17H22FN5O5. The van der Waals surface area contributed by atoms with Crippen molar-refractivity contribution in [3.05, 3.63) is 12.4 Å². The summed E-state index contributed by atoms with van der Waals surface area (Å²) in [5, 5.41) is 0. The van der Waals surface area contributed by atoms with Gasteiger partial charge in [0.05, 0.1) is 19.0 Å². The topological polar surface area (TPSA) is 124 Å². The van der Waals surface area contributed by atoms with Crippen molar-refractivity contribution < 1.29 is 28.1 Å². The summed E-state index contributed by atoms with van der Waals surface area (Å²) < 4.78 is 35.3. The highest BCUT2D eigenvalue weighted by molar-refractivity contribution is 5.81. The zero-order chi connectivity index (χ0) is 20.7. The first-order chi connectivity index (χ1) is 13.3. The molecule has 2 aromatic rings. The number of methoxy groups -OCH3 is 1. The molecule has 0 aliphatic rings. The number of carbonyl (C=O) groups excluding carboxylic acids is 1. The smallest absolute Gasteiger partial charge is 0.432 e. The van der Waals surface area contributed by atoms with Crippen LogP contribution in [0.4, 0.5) is 15.0 Å². The largest absolute Gasteiger partial charge is 0.510 e. The van der Waals surface area contributed by atoms with Gasteiger partial charge in [-0.1, -0.05) is 5.92 Å². The number of hydrogen-bond donors (Lipinski definition) is 1. The Morgan fingerprint density at radius 3 is 2.86 bits per heavy atom. The maximum Gasteiger partial charge on any atom is 0.510 e. The fourth-order valence-corrected chi connectivity index (χ4v) is 2.33. The fraction of sp³-hybridized carbons (Fsp3) is 0.529. The van der Waals surface area contributed by atoms with Crippen molar-refractivity contribution in [1.82, 2.24) is 19.5 Å². The molecule has 2 N–H and O–H groups in total. The first kappa shape index (κ1) is 21.3. The molecule has 0 radical (unpaired) electrons. The predicted molar refractivity (Wildman–Crippen MR) is 96.4 cm³/mol. The lowest BCUT2D eigenvalue weighted by molar-refractivity contribution is -0.100. The van der Waals surface area contributed by atoms with Gasteiger partial charge in [0.25, 0.3) is 0 Å². The Morgan fingerprint density at radius 1 is 1.46 bits per heavy atom. The maximum absolute atomic E-state index is 13.4. The predicted octanol–water partition coefficient (Wildman–Crippen LogP) is 1.49. The van der Waals surface area contributed by atoms with Crippen LogP contribution in [0, 0.1) is 18.4 Å². The van der Waals surface area contributed by atoms with Crippen LogP contribution >= 0.6 is 0 Å². The minimum Gasteiger partial charge on any atom is -0.432 e. The third-order valence-electron chi connectivity index (χ3n) is 3.80. The SMILES string of the molecule is C#CC(CCn1cnc2c(N)nc(F)nc21)(COCOC(=O)OC(C)C)OC. The molecule has 1 unspecified atom stereocenters. The van der Waals surface area contributed by atoms with E-state index in [-0.39, 0.29) is 37.4 Å². The molecule has 0 spiro atoms. The number of aromatic nitrogens is 4. The van der Waals surface area contributed by atoms with Gasteiger partial charge in [-0.05, 0) is 13.8 Å². The van der Waals surface area contributed by atoms with Crippen LogP contribution in [0.2, 0.25) is 0 Å². The molecule has 2 rings (SSSR count). The van der Waals surface area contributed by atoms with Gasteiger partial charge in [0, 0.05) is 20.1 Å². The number of ether oxygens (including phenoxy) is 4. The van der Waals surface area contributed by atoms with Gasteiger partial charge in [-0.3, -0.25) is 0 Å². The van der Waals surface area contributed by atoms with Crippen molar-refractivity contribution >= 4 is 23.1 Å². The number of hydrogen-bond acceptors (Lipinski definition) is 9. The molecule has 0 aliphatic carbocycles. The first-order valence-corrected chi connectivity index (χ1v) is 8.38. The second-order valence-corrected chi connectivity index (χ2v) is 6.11. The van der Waals surface area contributed by atoms with E-state index < -0.39 is 17.8 Å². The Kier molecular flexibility index (Phi) is 7.08. The summed E-state index contributed by atoms with van der Waals surface area (Å²) in [5.41, 5.74) is 5.07. The third kappa shape index (κ3) is 5.28. The average molecular weight is 395 g/mol. The Bertz CT molecular complexity index is 865. The monoisotopic (exact) mass is 395 g/mol. The maximum atomic E-state index is 13.4. The quantitative estimate of drug-likeness (QED) is 0.221. The van der Waals surface area contributed by atoms with E-state index in [0.29, 0.717) is 12.1 Å². The molecule has 0 saturated heterocycles. The third-order valence-corrected chi connectivity index (χ3v) is 3.80. The zero-order valence-corrected chi connectivity index (χ0v) is 15.8. The summed E-state index contributed by atoms with van der Waals surface area (Å²) in [4.78, 5) is 22.5. The summed E-state index contributed by atoms with van der Waals surface area (Å²) >= 11 is 0. The van der Waals surface area contributed by atoms with Crippen molar-refractivity contribution in [2.24, 2.45) is 0 Å². The van der Waals surface area contributed by atoms with E-state index in [1.54, 1.807) is 18.4 Å². The molecule has 152 valence electrons. The lowest BCUT2D eigenvalue weighted by Gasteiger charge is -2.26. The number of anilines is 1. The van der Waals surface area contributed by atoms with Gasteiger partial charge >= 0.3 is 12.2 Å². The number of fused-ring (bicyclic) bond motifs is 1. The molecule has 1 atom stereocenters. The second kappa shape index (κ2) is 9.29. The minimum absolute atomic E-state index is 0.0485. The normalized spacial score (nSPS) is 13.3. The molecule has 11 heteroatoms. The minimum atomic E-state index is -1.11. The van der Waals surface area contributed by atoms with Gasteiger partial charge in [0.15, 0.2) is 23.9 Å². The van der Waals surface area contributed by atoms with E-state index in [4.69, 9.17) is 31.1 Å². The van der Waals surface area contributed by atoms with Crippen LogP contribution in [0.3, 0.4) is 0 Å². The Balaban J connectivity index is 1.97. The zero-order valence-electron chi connectivity index (χ0n) is 15.8. The number of nitrogen functional groups attached to an aromatic ring is 1. The number of aryl methyl sites for hydroxylation is 1. The van der Waals surface area contributed by atoms with Crippen LogP contribution < -0.4 is 5.73 Å². The molecule has 28 heavy (non-hydrogen) atoms. The van der Waals surface area contributed by atoms with Crippen molar-refractivity contribution in [3.8, 4) is 12.3 Å². The van der Waals surface area contributed by atoms with Gasteiger partial charge in [-0.25, -0.2) is 9.78 Å². The van der Waals surface area contributed by atoms with Gasteiger partial charge in [0.2, 0.25) is 0 Å². The molecule has 0 saturated carbocycles. The van der Waals surface area contributed by atoms with E-state index in [2.05, 4.69) is 20.9 Å². The molecule has 10 nitrogen and oxygen atoms in total. The molecule has 0 bridgehead atoms. The molecule has 0 aliphatic heterocycles. The summed E-state index contributed by atoms with van der Waals surface area (Å²) in [7, 11) is 1.43. The van der Waals surface area contributed by atoms with Crippen LogP contribution in [0.1, 0.15) is 20.3 Å². The summed E-state index contributed by atoms with van der Waals surface area (Å²) in [6, 6.07) is 0. The number of carbonyl (C=O) groups is 1. The van der Waals surface area contributed by atoms with Gasteiger partial charge in [-0.2, -0.15) is 14.4 Å². The number of nitrogens with zero attached hydrogens (tertiary/aromatic N) is 4. The number of rotatable bonds is 9. The average Bonchev–Trinajstić information content (AvgIpc) is 3.04. The van der Waals surface area contributed by atoms with E-state index >= 15 is 0 Å². The highest BCUT2D eigenvalue weighted by Gasteiger charge is 2.28. The van der Waals surface area contributed by atoms with Crippen molar-refractivity contribution in [2.75, 3.05) is 26.2 Å². The molecule has 2 aromatic heterocycles. The summed E-state index contributed by atoms with van der Waals surface area (Å²) in [6.45, 7) is 3.29. The number of nitrogens with two attached hydrogens (primary N) is 1. The number of halogens is 1. The molecular weight excluding hydrogens is 373 g/mol. The van der Waals surface area contributed by atoms with Gasteiger partial charge in [-0.15, -0.1) is 6.42 Å². The highest BCUT2D eigenvalue weighted by Crippen LogP contribution is 2.20. The molecule has 0 amide bonds. The standard InChI is InChI=1S/C17H22FN5O5/c1-5-17(25-4,8-26-10-27-16(24)28-11(2)3)6-7-23-9-20-12-13(19)21-15(18)22-14(12)23/h1,9,11H,6-8,10H2,2-4H3,(H2,19,21,22). The van der Waals surface area contributed by atoms with Crippen LogP contribution in [0.15, 0.2) is 6.33 Å². The Hall–Kier alpha value is -2.97. The molecule has 2 heterocycles. The van der Waals surface area contributed by atoms with E-state index in [0.717, 1.165) is 0 Å². The molecule has 0 fully saturated rings. The highest BCUT2D eigenvalue weighted by atomic mass is 19.1. The van der Waals surface area contributed by atoms with Gasteiger partial charge in [0.1, 0.15) is 5.52 Å². The van der Waals surface area contributed by atoms with Crippen LogP contribution in [0.5, 0.6) is 0 Å². The summed E-state index contributed by atoms with van der Waals surface area (Å²) in [6.07, 6.45) is 5.25. The molecule has 0 aromatic carbocycles. The van der Waals surface area contributed by atoms with Gasteiger partial charge < -0.3 is 29.2 Å². The van der Waals surface area contributed by atoms with E-state index in [1.165, 1.54) is 13.4 Å². The Morgan fingerprint density at radius 2 is 2.21 bits per heavy atom. The summed E-state index contributed by atoms with van der Waals surface area (Å²) in [5.74, 6) is 2.48. The second-order valence-electron chi connectivity index (χ2n) is 6.11. The van der Waals surface area contributed by atoms with Crippen molar-refractivity contribution in [2.45, 2.75) is 38.5 Å².